The molecular weight excluding hydrogens is 395 g/mol. The van der Waals surface area contributed by atoms with Gasteiger partial charge in [-0.15, -0.1) is 0 Å². The lowest BCUT2D eigenvalue weighted by Crippen LogP contribution is -2.73. The molecule has 0 aromatic heterocycles. The molecule has 0 aliphatic carbocycles. The van der Waals surface area contributed by atoms with Gasteiger partial charge in [0.1, 0.15) is 12.4 Å². The smallest absolute Gasteiger partial charge is 0.254 e. The quantitative estimate of drug-likeness (QED) is 0.774. The van der Waals surface area contributed by atoms with Crippen molar-refractivity contribution in [2.24, 2.45) is 0 Å². The lowest BCUT2D eigenvalue weighted by Gasteiger charge is -2.58. The van der Waals surface area contributed by atoms with E-state index in [-0.39, 0.29) is 48.5 Å². The Balaban J connectivity index is 1.54. The molecule has 0 spiro atoms. The number of hydrogen-bond donors (Lipinski definition) is 1. The van der Waals surface area contributed by atoms with E-state index in [0.717, 1.165) is 24.0 Å². The highest BCUT2D eigenvalue weighted by molar-refractivity contribution is 5.97. The Morgan fingerprint density at radius 1 is 1.23 bits per heavy atom. The van der Waals surface area contributed by atoms with E-state index >= 15 is 0 Å². The average molecular weight is 420 g/mol. The van der Waals surface area contributed by atoms with Gasteiger partial charge in [-0.25, -0.2) is 4.39 Å². The van der Waals surface area contributed by atoms with Crippen LogP contribution >= 0.6 is 0 Å². The SMILES string of the molecule is CCCC#Cc1ccc([C@@H]2[C@@H](CO)N3C(=O)CN(C(=O)c4cccc(F)c4)C[C@H]23)cc1. The van der Waals surface area contributed by atoms with E-state index in [2.05, 4.69) is 18.8 Å². The number of carbonyl (C=O) groups is 2. The van der Waals surface area contributed by atoms with Gasteiger partial charge in [0.25, 0.3) is 5.91 Å². The second-order valence-corrected chi connectivity index (χ2v) is 8.01. The third-order valence-corrected chi connectivity index (χ3v) is 6.01. The highest BCUT2D eigenvalue weighted by atomic mass is 19.1. The molecule has 4 rings (SSSR count). The van der Waals surface area contributed by atoms with Crippen molar-refractivity contribution in [2.75, 3.05) is 19.7 Å². The van der Waals surface area contributed by atoms with E-state index in [1.807, 2.05) is 24.3 Å². The van der Waals surface area contributed by atoms with Gasteiger partial charge in [-0.1, -0.05) is 37.0 Å². The normalized spacial score (nSPS) is 22.3. The minimum atomic E-state index is -0.486. The van der Waals surface area contributed by atoms with Gasteiger partial charge >= 0.3 is 0 Å². The number of aliphatic hydroxyl groups is 1. The molecule has 2 aromatic rings. The standard InChI is InChI=1S/C25H25FN2O3/c1-2-3-4-6-17-9-11-18(12-10-17)24-21-14-27(15-23(30)28(21)22(24)16-29)25(31)19-7-5-8-20(26)13-19/h5,7-13,21-22,24,29H,2-3,14-16H2,1H3/t21-,22-,24+/m1/s1. The predicted octanol–water partition coefficient (Wildman–Crippen LogP) is 2.79. The van der Waals surface area contributed by atoms with E-state index in [1.165, 1.54) is 23.1 Å². The summed E-state index contributed by atoms with van der Waals surface area (Å²) in [6.45, 7) is 2.23. The first-order chi connectivity index (χ1) is 15.0. The molecule has 0 bridgehead atoms. The summed E-state index contributed by atoms with van der Waals surface area (Å²) in [6, 6.07) is 12.9. The van der Waals surface area contributed by atoms with Crippen molar-refractivity contribution in [3.8, 4) is 11.8 Å². The van der Waals surface area contributed by atoms with Crippen LogP contribution < -0.4 is 0 Å². The Morgan fingerprint density at radius 2 is 2.00 bits per heavy atom. The van der Waals surface area contributed by atoms with Crippen LogP contribution in [-0.2, 0) is 4.79 Å². The molecule has 2 aliphatic heterocycles. The van der Waals surface area contributed by atoms with Crippen molar-refractivity contribution in [2.45, 2.75) is 37.8 Å². The second-order valence-electron chi connectivity index (χ2n) is 8.01. The number of halogens is 1. The number of piperazine rings is 1. The van der Waals surface area contributed by atoms with Crippen LogP contribution in [0.1, 0.15) is 47.2 Å². The van der Waals surface area contributed by atoms with E-state index in [4.69, 9.17) is 0 Å². The number of hydrogen-bond acceptors (Lipinski definition) is 3. The second kappa shape index (κ2) is 8.91. The maximum absolute atomic E-state index is 13.5. The zero-order chi connectivity index (χ0) is 22.0. The molecule has 2 heterocycles. The Kier molecular flexibility index (Phi) is 6.06. The first-order valence-corrected chi connectivity index (χ1v) is 10.6. The number of amides is 2. The van der Waals surface area contributed by atoms with Crippen LogP contribution in [0.4, 0.5) is 4.39 Å². The number of carbonyl (C=O) groups excluding carboxylic acids is 2. The first-order valence-electron chi connectivity index (χ1n) is 10.6. The molecule has 31 heavy (non-hydrogen) atoms. The van der Waals surface area contributed by atoms with Crippen molar-refractivity contribution in [1.29, 1.82) is 0 Å². The number of benzene rings is 2. The molecular formula is C25H25FN2O3. The molecule has 2 fully saturated rings. The van der Waals surface area contributed by atoms with Crippen molar-refractivity contribution in [3.05, 3.63) is 71.0 Å². The van der Waals surface area contributed by atoms with Crippen molar-refractivity contribution >= 4 is 11.8 Å². The van der Waals surface area contributed by atoms with E-state index < -0.39 is 5.82 Å². The molecule has 5 nitrogen and oxygen atoms in total. The van der Waals surface area contributed by atoms with Gasteiger partial charge < -0.3 is 14.9 Å². The van der Waals surface area contributed by atoms with E-state index in [0.29, 0.717) is 6.54 Å². The fraction of sp³-hybridized carbons (Fsp3) is 0.360. The summed E-state index contributed by atoms with van der Waals surface area (Å²) in [4.78, 5) is 28.8. The fourth-order valence-corrected chi connectivity index (χ4v) is 4.54. The van der Waals surface area contributed by atoms with Crippen LogP contribution in [0.15, 0.2) is 48.5 Å². The van der Waals surface area contributed by atoms with Gasteiger partial charge in [-0.2, -0.15) is 0 Å². The van der Waals surface area contributed by atoms with Gasteiger partial charge in [-0.05, 0) is 42.3 Å². The Morgan fingerprint density at radius 3 is 2.68 bits per heavy atom. The van der Waals surface area contributed by atoms with Gasteiger partial charge in [0.15, 0.2) is 0 Å². The highest BCUT2D eigenvalue weighted by Crippen LogP contribution is 2.43. The Labute approximate surface area is 181 Å². The molecule has 2 amide bonds. The number of rotatable bonds is 4. The molecule has 0 unspecified atom stereocenters. The van der Waals surface area contributed by atoms with Crippen molar-refractivity contribution < 1.29 is 19.1 Å². The summed E-state index contributed by atoms with van der Waals surface area (Å²) in [5.41, 5.74) is 2.16. The summed E-state index contributed by atoms with van der Waals surface area (Å²) < 4.78 is 13.5. The zero-order valence-corrected chi connectivity index (χ0v) is 17.4. The van der Waals surface area contributed by atoms with Crippen LogP contribution in [0.2, 0.25) is 0 Å². The summed E-state index contributed by atoms with van der Waals surface area (Å²) >= 11 is 0. The number of aliphatic hydroxyl groups excluding tert-OH is 1. The van der Waals surface area contributed by atoms with Crippen LogP contribution in [0.25, 0.3) is 0 Å². The highest BCUT2D eigenvalue weighted by Gasteiger charge is 2.54. The summed E-state index contributed by atoms with van der Waals surface area (Å²) in [5.74, 6) is 5.14. The third kappa shape index (κ3) is 4.06. The van der Waals surface area contributed by atoms with Crippen LogP contribution in [0.3, 0.4) is 0 Å². The molecule has 2 aromatic carbocycles. The molecule has 2 aliphatic rings. The predicted molar refractivity (Wildman–Crippen MR) is 115 cm³/mol. The maximum Gasteiger partial charge on any atom is 0.254 e. The van der Waals surface area contributed by atoms with Crippen molar-refractivity contribution in [1.82, 2.24) is 9.80 Å². The summed E-state index contributed by atoms with van der Waals surface area (Å²) in [7, 11) is 0. The van der Waals surface area contributed by atoms with Gasteiger partial charge in [0.2, 0.25) is 5.91 Å². The minimum absolute atomic E-state index is 0.0684. The van der Waals surface area contributed by atoms with Crippen LogP contribution in [0, 0.1) is 17.7 Å². The van der Waals surface area contributed by atoms with Gasteiger partial charge in [0.05, 0.1) is 18.7 Å². The molecule has 3 atom stereocenters. The lowest BCUT2D eigenvalue weighted by atomic mass is 9.73. The average Bonchev–Trinajstić information content (AvgIpc) is 2.76. The summed E-state index contributed by atoms with van der Waals surface area (Å²) in [6.07, 6.45) is 1.87. The molecule has 0 radical (unpaired) electrons. The Hall–Kier alpha value is -3.17. The third-order valence-electron chi connectivity index (χ3n) is 6.01. The molecule has 0 saturated carbocycles. The maximum atomic E-state index is 13.5. The van der Waals surface area contributed by atoms with Gasteiger partial charge in [-0.3, -0.25) is 9.59 Å². The minimum Gasteiger partial charge on any atom is -0.394 e. The lowest BCUT2D eigenvalue weighted by molar-refractivity contribution is -0.159. The Bertz CT molecular complexity index is 1040. The molecule has 160 valence electrons. The van der Waals surface area contributed by atoms with Crippen molar-refractivity contribution in [3.63, 3.8) is 0 Å². The van der Waals surface area contributed by atoms with E-state index in [1.54, 1.807) is 11.0 Å². The molecule has 6 heteroatoms. The number of nitrogens with zero attached hydrogens (tertiary/aromatic N) is 2. The topological polar surface area (TPSA) is 60.9 Å². The molecule has 1 N–H and O–H groups in total. The fourth-order valence-electron chi connectivity index (χ4n) is 4.54. The number of unbranched alkanes of at least 4 members (excludes halogenated alkanes) is 1. The largest absolute Gasteiger partial charge is 0.394 e. The molecule has 2 saturated heterocycles. The first kappa shape index (κ1) is 21.1. The van der Waals surface area contributed by atoms with E-state index in [9.17, 15) is 19.1 Å². The van der Waals surface area contributed by atoms with Crippen LogP contribution in [0.5, 0.6) is 0 Å². The van der Waals surface area contributed by atoms with Gasteiger partial charge in [0, 0.05) is 30.0 Å². The summed E-state index contributed by atoms with van der Waals surface area (Å²) in [5, 5.41) is 9.92. The number of fused-ring (bicyclic) bond motifs is 1. The zero-order valence-electron chi connectivity index (χ0n) is 17.4. The van der Waals surface area contributed by atoms with Crippen LogP contribution in [-0.4, -0.2) is 58.5 Å². The monoisotopic (exact) mass is 420 g/mol.